The molecule has 2 aromatic carbocycles. The summed E-state index contributed by atoms with van der Waals surface area (Å²) in [4.78, 5) is 18.1. The number of carbonyl (C=O) groups is 1. The summed E-state index contributed by atoms with van der Waals surface area (Å²) in [6.45, 7) is 0. The first-order valence-electron chi connectivity index (χ1n) is 9.22. The van der Waals surface area contributed by atoms with Gasteiger partial charge in [0.05, 0.1) is 4.90 Å². The average molecular weight is 495 g/mol. The van der Waals surface area contributed by atoms with Crippen molar-refractivity contribution in [1.29, 1.82) is 0 Å². The van der Waals surface area contributed by atoms with Gasteiger partial charge in [-0.05, 0) is 23.3 Å². The van der Waals surface area contributed by atoms with Crippen LogP contribution in [0.4, 0.5) is 18.3 Å². The number of alkyl halides is 3. The number of rotatable bonds is 7. The van der Waals surface area contributed by atoms with E-state index in [9.17, 15) is 26.4 Å². The largest absolute Gasteiger partial charge is 0.433 e. The Hall–Kier alpha value is -3.35. The maximum Gasteiger partial charge on any atom is 0.433 e. The number of hydrogen-bond donors (Lipinski definition) is 2. The van der Waals surface area contributed by atoms with Crippen LogP contribution in [0, 0.1) is 0 Å². The molecule has 0 amide bonds. The molecule has 0 saturated carbocycles. The summed E-state index contributed by atoms with van der Waals surface area (Å²) in [5, 5.41) is 6.11. The topological polar surface area (TPSA) is 128 Å². The van der Waals surface area contributed by atoms with Gasteiger partial charge in [-0.3, -0.25) is 4.79 Å². The van der Waals surface area contributed by atoms with Crippen LogP contribution in [0.15, 0.2) is 75.4 Å². The van der Waals surface area contributed by atoms with Crippen molar-refractivity contribution in [3.8, 4) is 0 Å². The number of benzene rings is 2. The quantitative estimate of drug-likeness (QED) is 0.381. The number of nitrogens with two attached hydrogens (primary N) is 2. The van der Waals surface area contributed by atoms with E-state index in [0.717, 1.165) is 11.3 Å². The molecule has 3 aromatic rings. The van der Waals surface area contributed by atoms with Crippen LogP contribution in [0.2, 0.25) is 0 Å². The van der Waals surface area contributed by atoms with Gasteiger partial charge in [-0.25, -0.2) is 23.5 Å². The van der Waals surface area contributed by atoms with E-state index >= 15 is 0 Å². The molecule has 0 spiro atoms. The second kappa shape index (κ2) is 9.65. The molecule has 0 saturated heterocycles. The Morgan fingerprint density at radius 2 is 1.73 bits per heavy atom. The van der Waals surface area contributed by atoms with Crippen molar-refractivity contribution >= 4 is 44.2 Å². The molecule has 0 atom stereocenters. The molecule has 4 N–H and O–H groups in total. The number of aldehydes is 1. The molecule has 0 unspecified atom stereocenters. The second-order valence-electron chi connectivity index (χ2n) is 6.75. The summed E-state index contributed by atoms with van der Waals surface area (Å²) in [6.07, 6.45) is -4.80. The van der Waals surface area contributed by atoms with E-state index in [1.807, 2.05) is 0 Å². The predicted octanol–water partition coefficient (Wildman–Crippen LogP) is 3.85. The van der Waals surface area contributed by atoms with Crippen molar-refractivity contribution in [1.82, 2.24) is 4.98 Å². The zero-order valence-corrected chi connectivity index (χ0v) is 18.4. The molecule has 7 nitrogen and oxygen atoms in total. The number of hydrogen-bond acceptors (Lipinski definition) is 7. The smallest absolute Gasteiger partial charge is 0.398 e. The molecule has 0 fully saturated rings. The van der Waals surface area contributed by atoms with Crippen molar-refractivity contribution in [2.45, 2.75) is 17.5 Å². The molecule has 33 heavy (non-hydrogen) atoms. The summed E-state index contributed by atoms with van der Waals surface area (Å²) in [5.74, 6) is 0. The van der Waals surface area contributed by atoms with E-state index in [1.165, 1.54) is 29.6 Å². The fourth-order valence-electron chi connectivity index (χ4n) is 2.88. The van der Waals surface area contributed by atoms with Crippen LogP contribution in [-0.4, -0.2) is 31.6 Å². The third kappa shape index (κ3) is 6.12. The second-order valence-corrected chi connectivity index (χ2v) is 9.15. The number of carbonyl (C=O) groups excluding carboxylic acids is 1. The minimum Gasteiger partial charge on any atom is -0.398 e. The van der Waals surface area contributed by atoms with Gasteiger partial charge in [-0.15, -0.1) is 11.3 Å². The maximum atomic E-state index is 14.1. The molecule has 0 bridgehead atoms. The number of primary sulfonamides is 1. The van der Waals surface area contributed by atoms with Gasteiger partial charge >= 0.3 is 6.18 Å². The average Bonchev–Trinajstić information content (AvgIpc) is 3.23. The Balaban J connectivity index is 2.17. The highest BCUT2D eigenvalue weighted by atomic mass is 32.2. The molecular formula is C21H17F3N4O3S2. The van der Waals surface area contributed by atoms with E-state index < -0.39 is 21.9 Å². The molecule has 1 aromatic heterocycles. The molecule has 0 aliphatic carbocycles. The van der Waals surface area contributed by atoms with Crippen molar-refractivity contribution in [2.24, 2.45) is 15.9 Å². The molecule has 0 aliphatic heterocycles. The number of allylic oxidation sites excluding steroid dienone is 1. The third-order valence-electron chi connectivity index (χ3n) is 4.44. The van der Waals surface area contributed by atoms with Crippen molar-refractivity contribution in [3.63, 3.8) is 0 Å². The van der Waals surface area contributed by atoms with E-state index in [1.54, 1.807) is 30.3 Å². The lowest BCUT2D eigenvalue weighted by Gasteiger charge is -2.17. The molecule has 0 aliphatic rings. The van der Waals surface area contributed by atoms with Crippen molar-refractivity contribution in [3.05, 3.63) is 82.4 Å². The first-order chi connectivity index (χ1) is 15.5. The van der Waals surface area contributed by atoms with Crippen LogP contribution in [-0.2, 0) is 16.4 Å². The van der Waals surface area contributed by atoms with Crippen LogP contribution in [0.3, 0.4) is 0 Å². The Morgan fingerprint density at radius 1 is 1.09 bits per heavy atom. The zero-order chi connectivity index (χ0) is 24.2. The lowest BCUT2D eigenvalue weighted by atomic mass is 9.95. The van der Waals surface area contributed by atoms with E-state index in [0.29, 0.717) is 17.4 Å². The number of aromatic nitrogens is 1. The van der Waals surface area contributed by atoms with Gasteiger partial charge in [0.15, 0.2) is 12.0 Å². The number of halogens is 3. The third-order valence-corrected chi connectivity index (χ3v) is 6.12. The summed E-state index contributed by atoms with van der Waals surface area (Å²) >= 11 is 0.781. The monoisotopic (exact) mass is 494 g/mol. The maximum absolute atomic E-state index is 14.1. The van der Waals surface area contributed by atoms with Crippen LogP contribution in [0.5, 0.6) is 0 Å². The number of sulfonamides is 1. The Kier molecular flexibility index (Phi) is 7.10. The SMILES string of the molecule is NC(=C(Cc1ccc(S(N)(=O)=O)cc1)C(=Nc1nc(C=O)cs1)C(F)(F)F)c1ccccc1. The number of aliphatic imine (C=N–C) groups is 1. The predicted molar refractivity (Wildman–Crippen MR) is 120 cm³/mol. The van der Waals surface area contributed by atoms with Gasteiger partial charge in [0.25, 0.3) is 0 Å². The van der Waals surface area contributed by atoms with Crippen LogP contribution in [0.1, 0.15) is 21.6 Å². The number of nitrogens with zero attached hydrogens (tertiary/aromatic N) is 2. The highest BCUT2D eigenvalue weighted by molar-refractivity contribution is 7.89. The number of thiazole rings is 1. The Bertz CT molecular complexity index is 1310. The highest BCUT2D eigenvalue weighted by Gasteiger charge is 2.39. The van der Waals surface area contributed by atoms with Gasteiger partial charge in [0, 0.05) is 23.1 Å². The summed E-state index contributed by atoms with van der Waals surface area (Å²) in [5.41, 5.74) is 5.07. The van der Waals surface area contributed by atoms with E-state index in [4.69, 9.17) is 10.9 Å². The first kappa shape index (κ1) is 24.3. The molecule has 12 heteroatoms. The molecule has 172 valence electrons. The van der Waals surface area contributed by atoms with Gasteiger partial charge in [0.2, 0.25) is 15.2 Å². The van der Waals surface area contributed by atoms with Crippen LogP contribution >= 0.6 is 11.3 Å². The molecule has 0 radical (unpaired) electrons. The zero-order valence-electron chi connectivity index (χ0n) is 16.8. The van der Waals surface area contributed by atoms with Gasteiger partial charge in [-0.2, -0.15) is 13.2 Å². The first-order valence-corrected chi connectivity index (χ1v) is 11.6. The highest BCUT2D eigenvalue weighted by Crippen LogP contribution is 2.32. The van der Waals surface area contributed by atoms with Gasteiger partial charge < -0.3 is 5.73 Å². The molecule has 1 heterocycles. The standard InChI is InChI=1S/C21H17F3N4O3S2/c22-21(23,24)19(28-20-27-15(11-29)12-32-20)17(18(25)14-4-2-1-3-5-14)10-13-6-8-16(9-7-13)33(26,30)31/h1-9,11-12H,10,25H2,(H2,26,30,31). The Labute approximate surface area is 191 Å². The lowest BCUT2D eigenvalue weighted by Crippen LogP contribution is -2.28. The van der Waals surface area contributed by atoms with E-state index in [2.05, 4.69) is 9.98 Å². The minimum atomic E-state index is -4.90. The van der Waals surface area contributed by atoms with E-state index in [-0.39, 0.29) is 33.4 Å². The normalized spacial score (nSPS) is 13.5. The summed E-state index contributed by atoms with van der Waals surface area (Å²) in [7, 11) is -3.96. The molecular weight excluding hydrogens is 477 g/mol. The van der Waals surface area contributed by atoms with Crippen LogP contribution in [0.25, 0.3) is 5.70 Å². The van der Waals surface area contributed by atoms with Gasteiger partial charge in [-0.1, -0.05) is 42.5 Å². The fraction of sp³-hybridized carbons (Fsp3) is 0.0952. The van der Waals surface area contributed by atoms with Gasteiger partial charge in [0.1, 0.15) is 5.69 Å². The Morgan fingerprint density at radius 3 is 2.24 bits per heavy atom. The summed E-state index contributed by atoms with van der Waals surface area (Å²) < 4.78 is 65.4. The molecule has 3 rings (SSSR count). The lowest BCUT2D eigenvalue weighted by molar-refractivity contribution is -0.0582. The summed E-state index contributed by atoms with van der Waals surface area (Å²) in [6, 6.07) is 13.1. The van der Waals surface area contributed by atoms with Crippen molar-refractivity contribution in [2.75, 3.05) is 0 Å². The van der Waals surface area contributed by atoms with Crippen LogP contribution < -0.4 is 10.9 Å². The van der Waals surface area contributed by atoms with Crippen molar-refractivity contribution < 1.29 is 26.4 Å². The minimum absolute atomic E-state index is 0.0413. The fourth-order valence-corrected chi connectivity index (χ4v) is 4.03.